The van der Waals surface area contributed by atoms with E-state index in [9.17, 15) is 5.11 Å². The van der Waals surface area contributed by atoms with Crippen LogP contribution in [0.25, 0.3) is 11.4 Å². The van der Waals surface area contributed by atoms with Gasteiger partial charge in [-0.2, -0.15) is 0 Å². The zero-order valence-corrected chi connectivity index (χ0v) is 14.9. The van der Waals surface area contributed by atoms with Crippen LogP contribution in [0.15, 0.2) is 18.2 Å². The first kappa shape index (κ1) is 16.3. The summed E-state index contributed by atoms with van der Waals surface area (Å²) in [6.45, 7) is 4.96. The highest BCUT2D eigenvalue weighted by Gasteiger charge is 2.13. The number of aromatic nitrogens is 2. The van der Waals surface area contributed by atoms with E-state index in [1.807, 2.05) is 6.92 Å². The zero-order chi connectivity index (χ0) is 15.4. The average molecular weight is 418 g/mol. The van der Waals surface area contributed by atoms with E-state index in [0.717, 1.165) is 40.0 Å². The summed E-state index contributed by atoms with van der Waals surface area (Å²) in [7, 11) is 0. The molecule has 112 valence electrons. The molecule has 0 saturated carbocycles. The Morgan fingerprint density at radius 3 is 2.67 bits per heavy atom. The summed E-state index contributed by atoms with van der Waals surface area (Å²) in [6, 6.07) is 5.02. The lowest BCUT2D eigenvalue weighted by Gasteiger charge is -2.12. The van der Waals surface area contributed by atoms with Crippen LogP contribution < -0.4 is 5.32 Å². The minimum absolute atomic E-state index is 0.0617. The molecule has 0 unspecified atom stereocenters. The maximum Gasteiger partial charge on any atom is 0.161 e. The number of halogens is 2. The maximum absolute atomic E-state index is 9.53. The molecule has 2 rings (SSSR count). The molecular formula is C15H17ClIN3O. The molecule has 0 aliphatic carbocycles. The second-order valence-electron chi connectivity index (χ2n) is 4.60. The van der Waals surface area contributed by atoms with E-state index in [1.54, 1.807) is 18.2 Å². The van der Waals surface area contributed by atoms with E-state index in [1.165, 1.54) is 0 Å². The van der Waals surface area contributed by atoms with Crippen LogP contribution in [0, 0.1) is 3.57 Å². The summed E-state index contributed by atoms with van der Waals surface area (Å²) in [5.74, 6) is 1.53. The third kappa shape index (κ3) is 3.77. The fourth-order valence-electron chi connectivity index (χ4n) is 1.96. The number of nitrogens with zero attached hydrogens (tertiary/aromatic N) is 2. The van der Waals surface area contributed by atoms with Crippen molar-refractivity contribution in [2.45, 2.75) is 26.7 Å². The summed E-state index contributed by atoms with van der Waals surface area (Å²) >= 11 is 8.26. The van der Waals surface area contributed by atoms with Crippen LogP contribution in [-0.2, 0) is 6.42 Å². The average Bonchev–Trinajstić information content (AvgIpc) is 2.46. The number of hydrogen-bond acceptors (Lipinski definition) is 4. The quantitative estimate of drug-likeness (QED) is 0.704. The molecule has 0 saturated heterocycles. The van der Waals surface area contributed by atoms with Crippen LogP contribution in [0.1, 0.15) is 26.0 Å². The van der Waals surface area contributed by atoms with Gasteiger partial charge in [0.15, 0.2) is 5.82 Å². The van der Waals surface area contributed by atoms with E-state index >= 15 is 0 Å². The van der Waals surface area contributed by atoms with Gasteiger partial charge in [0.05, 0.1) is 14.3 Å². The Kier molecular flexibility index (Phi) is 5.64. The van der Waals surface area contributed by atoms with Crippen molar-refractivity contribution in [3.63, 3.8) is 0 Å². The number of phenols is 1. The molecule has 0 radical (unpaired) electrons. The van der Waals surface area contributed by atoms with Crippen molar-refractivity contribution in [2.24, 2.45) is 0 Å². The van der Waals surface area contributed by atoms with Gasteiger partial charge in [-0.1, -0.05) is 24.9 Å². The highest BCUT2D eigenvalue weighted by molar-refractivity contribution is 14.1. The van der Waals surface area contributed by atoms with Gasteiger partial charge in [0.25, 0.3) is 0 Å². The van der Waals surface area contributed by atoms with Gasteiger partial charge >= 0.3 is 0 Å². The molecule has 0 spiro atoms. The lowest BCUT2D eigenvalue weighted by atomic mass is 10.2. The van der Waals surface area contributed by atoms with Crippen LogP contribution in [0.4, 0.5) is 5.82 Å². The number of benzene rings is 1. The molecule has 0 aliphatic heterocycles. The first-order valence-corrected chi connectivity index (χ1v) is 8.31. The van der Waals surface area contributed by atoms with Gasteiger partial charge in [-0.3, -0.25) is 0 Å². The van der Waals surface area contributed by atoms with Crippen LogP contribution >= 0.6 is 34.2 Å². The van der Waals surface area contributed by atoms with Gasteiger partial charge in [0, 0.05) is 12.1 Å². The fourth-order valence-corrected chi connectivity index (χ4v) is 2.84. The highest BCUT2D eigenvalue weighted by atomic mass is 127. The lowest BCUT2D eigenvalue weighted by molar-refractivity contribution is 0.475. The molecule has 0 amide bonds. The van der Waals surface area contributed by atoms with E-state index in [4.69, 9.17) is 11.6 Å². The van der Waals surface area contributed by atoms with Gasteiger partial charge < -0.3 is 10.4 Å². The molecule has 0 aliphatic rings. The molecule has 4 nitrogen and oxygen atoms in total. The fraction of sp³-hybridized carbons (Fsp3) is 0.333. The zero-order valence-electron chi connectivity index (χ0n) is 12.0. The standard InChI is InChI=1S/C15H17ClIN3O/c1-3-5-11-13(17)15(18-4-2)20-14(19-11)9-6-7-12(21)10(16)8-9/h6-8,21H,3-5H2,1-2H3,(H,18,19,20). The van der Waals surface area contributed by atoms with Crippen molar-refractivity contribution >= 4 is 40.0 Å². The first-order chi connectivity index (χ1) is 10.1. The Labute approximate surface area is 143 Å². The van der Waals surface area contributed by atoms with Crippen LogP contribution in [-0.4, -0.2) is 21.6 Å². The summed E-state index contributed by atoms with van der Waals surface area (Å²) in [6.07, 6.45) is 1.92. The largest absolute Gasteiger partial charge is 0.506 e. The number of nitrogens with one attached hydrogen (secondary N) is 1. The van der Waals surface area contributed by atoms with E-state index in [-0.39, 0.29) is 5.75 Å². The van der Waals surface area contributed by atoms with Gasteiger partial charge in [0.1, 0.15) is 11.6 Å². The third-order valence-corrected chi connectivity index (χ3v) is 4.39. The number of hydrogen-bond donors (Lipinski definition) is 2. The van der Waals surface area contributed by atoms with E-state index in [0.29, 0.717) is 10.8 Å². The first-order valence-electron chi connectivity index (χ1n) is 6.86. The smallest absolute Gasteiger partial charge is 0.161 e. The Bertz CT molecular complexity index is 622. The topological polar surface area (TPSA) is 58.0 Å². The number of anilines is 1. The summed E-state index contributed by atoms with van der Waals surface area (Å²) in [4.78, 5) is 9.22. The second kappa shape index (κ2) is 7.26. The SMILES string of the molecule is CCCc1nc(-c2ccc(O)c(Cl)c2)nc(NCC)c1I. The molecule has 0 fully saturated rings. The predicted molar refractivity (Wildman–Crippen MR) is 95.0 cm³/mol. The summed E-state index contributed by atoms with van der Waals surface area (Å²) in [5.41, 5.74) is 1.83. The molecule has 21 heavy (non-hydrogen) atoms. The van der Waals surface area contributed by atoms with Gasteiger partial charge in [0.2, 0.25) is 0 Å². The van der Waals surface area contributed by atoms with Gasteiger partial charge in [-0.15, -0.1) is 0 Å². The Hall–Kier alpha value is -1.08. The van der Waals surface area contributed by atoms with Crippen molar-refractivity contribution in [1.82, 2.24) is 9.97 Å². The maximum atomic E-state index is 9.53. The minimum atomic E-state index is 0.0617. The predicted octanol–water partition coefficient (Wildman–Crippen LogP) is 4.49. The number of aryl methyl sites for hydroxylation is 1. The molecule has 0 bridgehead atoms. The highest BCUT2D eigenvalue weighted by Crippen LogP contribution is 2.30. The van der Waals surface area contributed by atoms with Crippen molar-refractivity contribution in [2.75, 3.05) is 11.9 Å². The van der Waals surface area contributed by atoms with Crippen molar-refractivity contribution in [3.05, 3.63) is 32.5 Å². The Balaban J connectivity index is 2.53. The van der Waals surface area contributed by atoms with E-state index in [2.05, 4.69) is 44.8 Å². The molecule has 0 atom stereocenters. The Morgan fingerprint density at radius 1 is 1.29 bits per heavy atom. The van der Waals surface area contributed by atoms with Gasteiger partial charge in [-0.05, 0) is 54.1 Å². The van der Waals surface area contributed by atoms with Crippen molar-refractivity contribution in [3.8, 4) is 17.1 Å². The number of aromatic hydroxyl groups is 1. The van der Waals surface area contributed by atoms with Crippen LogP contribution in [0.5, 0.6) is 5.75 Å². The lowest BCUT2D eigenvalue weighted by Crippen LogP contribution is -2.08. The molecule has 6 heteroatoms. The monoisotopic (exact) mass is 417 g/mol. The molecule has 1 aromatic carbocycles. The summed E-state index contributed by atoms with van der Waals surface area (Å²) < 4.78 is 1.06. The number of rotatable bonds is 5. The summed E-state index contributed by atoms with van der Waals surface area (Å²) in [5, 5.41) is 13.1. The van der Waals surface area contributed by atoms with E-state index < -0.39 is 0 Å². The molecule has 1 aromatic heterocycles. The minimum Gasteiger partial charge on any atom is -0.506 e. The Morgan fingerprint density at radius 2 is 2.05 bits per heavy atom. The molecule has 1 heterocycles. The molecular weight excluding hydrogens is 401 g/mol. The third-order valence-electron chi connectivity index (χ3n) is 2.96. The molecule has 2 aromatic rings. The molecule has 2 N–H and O–H groups in total. The second-order valence-corrected chi connectivity index (χ2v) is 6.09. The number of phenolic OH excluding ortho intramolecular Hbond substituents is 1. The van der Waals surface area contributed by atoms with Crippen molar-refractivity contribution < 1.29 is 5.11 Å². The van der Waals surface area contributed by atoms with Gasteiger partial charge in [-0.25, -0.2) is 9.97 Å². The van der Waals surface area contributed by atoms with Crippen molar-refractivity contribution in [1.29, 1.82) is 0 Å². The van der Waals surface area contributed by atoms with Crippen LogP contribution in [0.3, 0.4) is 0 Å². The van der Waals surface area contributed by atoms with Crippen LogP contribution in [0.2, 0.25) is 5.02 Å². The normalized spacial score (nSPS) is 10.7.